The van der Waals surface area contributed by atoms with Gasteiger partial charge in [-0.1, -0.05) is 20.3 Å². The quantitative estimate of drug-likeness (QED) is 0.510. The first kappa shape index (κ1) is 15.9. The summed E-state index contributed by atoms with van der Waals surface area (Å²) in [5.41, 5.74) is -1.18. The molecule has 0 aromatic carbocycles. The zero-order valence-corrected chi connectivity index (χ0v) is 11.5. The summed E-state index contributed by atoms with van der Waals surface area (Å²) in [5, 5.41) is 0. The molecular formula is C13H24O4. The summed E-state index contributed by atoms with van der Waals surface area (Å²) < 4.78 is 9.96. The number of hydrogen-bond donors (Lipinski definition) is 0. The van der Waals surface area contributed by atoms with Crippen LogP contribution in [0.5, 0.6) is 0 Å². The van der Waals surface area contributed by atoms with Gasteiger partial charge in [-0.25, -0.2) is 0 Å². The molecule has 100 valence electrons. The van der Waals surface area contributed by atoms with Crippen molar-refractivity contribution in [3.05, 3.63) is 0 Å². The molecule has 1 atom stereocenters. The minimum Gasteiger partial charge on any atom is -0.465 e. The van der Waals surface area contributed by atoms with E-state index in [2.05, 4.69) is 0 Å². The highest BCUT2D eigenvalue weighted by molar-refractivity contribution is 5.99. The van der Waals surface area contributed by atoms with Crippen LogP contribution in [-0.4, -0.2) is 25.2 Å². The first-order valence-electron chi connectivity index (χ1n) is 6.26. The molecule has 0 aromatic rings. The predicted molar refractivity (Wildman–Crippen MR) is 65.4 cm³/mol. The van der Waals surface area contributed by atoms with E-state index in [9.17, 15) is 9.59 Å². The van der Waals surface area contributed by atoms with Crippen LogP contribution in [0.25, 0.3) is 0 Å². The second kappa shape index (κ2) is 7.30. The Labute approximate surface area is 104 Å². The highest BCUT2D eigenvalue weighted by Crippen LogP contribution is 2.30. The van der Waals surface area contributed by atoms with E-state index < -0.39 is 17.4 Å². The lowest BCUT2D eigenvalue weighted by atomic mass is 9.80. The minimum atomic E-state index is -1.18. The van der Waals surface area contributed by atoms with Gasteiger partial charge >= 0.3 is 11.9 Å². The molecular weight excluding hydrogens is 220 g/mol. The molecule has 0 saturated carbocycles. The molecule has 4 heteroatoms. The van der Waals surface area contributed by atoms with E-state index in [0.717, 1.165) is 6.42 Å². The Morgan fingerprint density at radius 1 is 1.06 bits per heavy atom. The molecule has 0 unspecified atom stereocenters. The third kappa shape index (κ3) is 4.36. The molecule has 17 heavy (non-hydrogen) atoms. The molecule has 0 radical (unpaired) electrons. The molecule has 0 N–H and O–H groups in total. The van der Waals surface area contributed by atoms with Gasteiger partial charge in [-0.2, -0.15) is 0 Å². The van der Waals surface area contributed by atoms with E-state index >= 15 is 0 Å². The van der Waals surface area contributed by atoms with Gasteiger partial charge in [-0.15, -0.1) is 0 Å². The zero-order chi connectivity index (χ0) is 13.5. The first-order chi connectivity index (χ1) is 7.92. The Morgan fingerprint density at radius 3 is 1.76 bits per heavy atom. The van der Waals surface area contributed by atoms with Crippen LogP contribution in [0.2, 0.25) is 0 Å². The van der Waals surface area contributed by atoms with E-state index in [4.69, 9.17) is 9.47 Å². The van der Waals surface area contributed by atoms with Crippen LogP contribution in [0.15, 0.2) is 0 Å². The molecule has 0 spiro atoms. The number of hydrogen-bond acceptors (Lipinski definition) is 4. The molecule has 0 heterocycles. The molecule has 0 aliphatic heterocycles. The van der Waals surface area contributed by atoms with Crippen molar-refractivity contribution in [3.63, 3.8) is 0 Å². The molecule has 0 saturated heterocycles. The van der Waals surface area contributed by atoms with Crippen LogP contribution >= 0.6 is 0 Å². The van der Waals surface area contributed by atoms with Crippen LogP contribution in [0, 0.1) is 11.3 Å². The van der Waals surface area contributed by atoms with E-state index in [1.165, 1.54) is 0 Å². The minimum absolute atomic E-state index is 0.272. The predicted octanol–water partition coefficient (Wildman–Crippen LogP) is 2.56. The van der Waals surface area contributed by atoms with Gasteiger partial charge in [-0.05, 0) is 33.1 Å². The fourth-order valence-corrected chi connectivity index (χ4v) is 1.67. The second-order valence-corrected chi connectivity index (χ2v) is 4.49. The average Bonchev–Trinajstić information content (AvgIpc) is 2.29. The van der Waals surface area contributed by atoms with Gasteiger partial charge in [0.1, 0.15) is 0 Å². The molecule has 0 aromatic heterocycles. The maximum absolute atomic E-state index is 11.9. The van der Waals surface area contributed by atoms with Crippen LogP contribution in [-0.2, 0) is 19.1 Å². The van der Waals surface area contributed by atoms with Gasteiger partial charge in [0.25, 0.3) is 0 Å². The third-order valence-corrected chi connectivity index (χ3v) is 2.91. The summed E-state index contributed by atoms with van der Waals surface area (Å²) >= 11 is 0. The smallest absolute Gasteiger partial charge is 0.323 e. The van der Waals surface area contributed by atoms with Crippen LogP contribution < -0.4 is 0 Å². The number of carbonyl (C=O) groups excluding carboxylic acids is 2. The van der Waals surface area contributed by atoms with E-state index in [-0.39, 0.29) is 19.1 Å². The van der Waals surface area contributed by atoms with E-state index in [1.54, 1.807) is 20.8 Å². The van der Waals surface area contributed by atoms with Crippen molar-refractivity contribution in [2.24, 2.45) is 11.3 Å². The van der Waals surface area contributed by atoms with Crippen LogP contribution in [0.4, 0.5) is 0 Å². The zero-order valence-electron chi connectivity index (χ0n) is 11.5. The summed E-state index contributed by atoms with van der Waals surface area (Å²) in [7, 11) is 0. The monoisotopic (exact) mass is 244 g/mol. The molecule has 0 aliphatic carbocycles. The summed E-state index contributed by atoms with van der Waals surface area (Å²) in [6.07, 6.45) is 1.37. The molecule has 0 amide bonds. The molecule has 4 nitrogen and oxygen atoms in total. The van der Waals surface area contributed by atoms with Gasteiger partial charge in [-0.3, -0.25) is 9.59 Å². The van der Waals surface area contributed by atoms with Crippen molar-refractivity contribution < 1.29 is 19.1 Å². The molecule has 0 rings (SSSR count). The van der Waals surface area contributed by atoms with E-state index in [1.807, 2.05) is 13.8 Å². The van der Waals surface area contributed by atoms with Crippen molar-refractivity contribution in [1.82, 2.24) is 0 Å². The van der Waals surface area contributed by atoms with Gasteiger partial charge in [0.05, 0.1) is 13.2 Å². The second-order valence-electron chi connectivity index (χ2n) is 4.49. The number of carbonyl (C=O) groups is 2. The Kier molecular flexibility index (Phi) is 6.85. The normalized spacial score (nSPS) is 13.0. The average molecular weight is 244 g/mol. The maximum atomic E-state index is 11.9. The first-order valence-corrected chi connectivity index (χ1v) is 6.26. The molecule has 0 aliphatic rings. The molecule has 0 bridgehead atoms. The Balaban J connectivity index is 4.91. The fourth-order valence-electron chi connectivity index (χ4n) is 1.67. The Hall–Kier alpha value is -1.06. The largest absolute Gasteiger partial charge is 0.465 e. The highest BCUT2D eigenvalue weighted by atomic mass is 16.6. The standard InChI is InChI=1S/C13H24O4/c1-6-10(4)9-13(5,11(14)16-7-2)12(15)17-8-3/h10H,6-9H2,1-5H3/t10-/m0/s1. The lowest BCUT2D eigenvalue weighted by Crippen LogP contribution is -2.40. The number of rotatable bonds is 7. The van der Waals surface area contributed by atoms with Crippen LogP contribution in [0.3, 0.4) is 0 Å². The van der Waals surface area contributed by atoms with E-state index in [0.29, 0.717) is 6.42 Å². The lowest BCUT2D eigenvalue weighted by Gasteiger charge is -2.27. The maximum Gasteiger partial charge on any atom is 0.323 e. The van der Waals surface area contributed by atoms with Crippen molar-refractivity contribution >= 4 is 11.9 Å². The van der Waals surface area contributed by atoms with Gasteiger partial charge in [0.15, 0.2) is 5.41 Å². The number of ether oxygens (including phenoxy) is 2. The van der Waals surface area contributed by atoms with Gasteiger partial charge in [0, 0.05) is 0 Å². The van der Waals surface area contributed by atoms with Gasteiger partial charge in [0.2, 0.25) is 0 Å². The van der Waals surface area contributed by atoms with Crippen molar-refractivity contribution in [1.29, 1.82) is 0 Å². The third-order valence-electron chi connectivity index (χ3n) is 2.91. The highest BCUT2D eigenvalue weighted by Gasteiger charge is 2.44. The van der Waals surface area contributed by atoms with Crippen molar-refractivity contribution in [3.8, 4) is 0 Å². The summed E-state index contributed by atoms with van der Waals surface area (Å²) in [6, 6.07) is 0. The Morgan fingerprint density at radius 2 is 1.47 bits per heavy atom. The summed E-state index contributed by atoms with van der Waals surface area (Å²) in [6.45, 7) is 9.65. The lowest BCUT2D eigenvalue weighted by molar-refractivity contribution is -0.172. The van der Waals surface area contributed by atoms with Crippen molar-refractivity contribution in [2.45, 2.75) is 47.5 Å². The Bertz CT molecular complexity index is 242. The summed E-state index contributed by atoms with van der Waals surface area (Å²) in [5.74, 6) is -0.702. The topological polar surface area (TPSA) is 52.6 Å². The van der Waals surface area contributed by atoms with Gasteiger partial charge < -0.3 is 9.47 Å². The van der Waals surface area contributed by atoms with Crippen LogP contribution in [0.1, 0.15) is 47.5 Å². The SMILES string of the molecule is CCOC(=O)C(C)(C[C@@H](C)CC)C(=O)OCC. The number of esters is 2. The van der Waals surface area contributed by atoms with Crippen molar-refractivity contribution in [2.75, 3.05) is 13.2 Å². The molecule has 0 fully saturated rings. The summed E-state index contributed by atoms with van der Waals surface area (Å²) in [4.78, 5) is 23.8. The fraction of sp³-hybridized carbons (Fsp3) is 0.846.